The van der Waals surface area contributed by atoms with E-state index in [1.165, 1.54) is 18.4 Å². The van der Waals surface area contributed by atoms with Crippen molar-refractivity contribution in [2.45, 2.75) is 38.8 Å². The fourth-order valence-corrected chi connectivity index (χ4v) is 3.98. The second-order valence-electron chi connectivity index (χ2n) is 8.64. The van der Waals surface area contributed by atoms with E-state index < -0.39 is 23.6 Å². The molecule has 3 rings (SSSR count). The molecule has 2 aromatic carbocycles. The zero-order valence-electron chi connectivity index (χ0n) is 19.9. The van der Waals surface area contributed by atoms with E-state index in [2.05, 4.69) is 0 Å². The van der Waals surface area contributed by atoms with Crippen molar-refractivity contribution in [3.05, 3.63) is 99.8 Å². The van der Waals surface area contributed by atoms with E-state index in [0.717, 1.165) is 16.0 Å². The smallest absolute Gasteiger partial charge is 0.333 e. The summed E-state index contributed by atoms with van der Waals surface area (Å²) in [5.74, 6) is -1.00. The minimum atomic E-state index is -0.944. The van der Waals surface area contributed by atoms with E-state index in [1.807, 2.05) is 98.9 Å². The van der Waals surface area contributed by atoms with Crippen molar-refractivity contribution in [2.24, 2.45) is 4.99 Å². The first kappa shape index (κ1) is 25.1. The number of thiophene rings is 1. The topological polar surface area (TPSA) is 65.0 Å². The van der Waals surface area contributed by atoms with Gasteiger partial charge in [-0.15, -0.1) is 11.3 Å². The van der Waals surface area contributed by atoms with Gasteiger partial charge in [0.15, 0.2) is 6.04 Å². The maximum absolute atomic E-state index is 13.3. The van der Waals surface area contributed by atoms with Gasteiger partial charge in [-0.05, 0) is 38.3 Å². The van der Waals surface area contributed by atoms with Gasteiger partial charge in [-0.25, -0.2) is 9.59 Å². The molecule has 0 aliphatic rings. The standard InChI is InChI=1S/C28H29NO4S/c1-28(2,3)33-27(31)24(19-22(26(30)32-4)18-23-16-11-17-34-23)29-25(20-12-7-5-8-13-20)21-14-9-6-10-15-21/h5-18,24H,19H2,1-4H3/b22-18-/t24-/m0/s1. The molecule has 1 atom stereocenters. The molecular formula is C28H29NO4S. The molecule has 0 bridgehead atoms. The molecule has 0 fully saturated rings. The summed E-state index contributed by atoms with van der Waals surface area (Å²) in [6.07, 6.45) is 1.79. The van der Waals surface area contributed by atoms with Crippen molar-refractivity contribution in [1.29, 1.82) is 0 Å². The fraction of sp³-hybridized carbons (Fsp3) is 0.250. The molecule has 0 spiro atoms. The molecule has 0 aliphatic carbocycles. The normalized spacial score (nSPS) is 12.5. The van der Waals surface area contributed by atoms with Crippen molar-refractivity contribution in [3.8, 4) is 0 Å². The number of aliphatic imine (C=N–C) groups is 1. The number of esters is 2. The number of carbonyl (C=O) groups excluding carboxylic acids is 2. The van der Waals surface area contributed by atoms with Crippen molar-refractivity contribution >= 4 is 35.1 Å². The first-order valence-corrected chi connectivity index (χ1v) is 11.9. The third-order valence-electron chi connectivity index (χ3n) is 4.78. The highest BCUT2D eigenvalue weighted by Crippen LogP contribution is 2.22. The third-order valence-corrected chi connectivity index (χ3v) is 5.60. The van der Waals surface area contributed by atoms with Gasteiger partial charge in [0.05, 0.1) is 12.8 Å². The van der Waals surface area contributed by atoms with Crippen LogP contribution in [-0.4, -0.2) is 36.4 Å². The Bertz CT molecular complexity index is 1100. The van der Waals surface area contributed by atoms with Crippen LogP contribution >= 0.6 is 11.3 Å². The molecule has 1 aromatic heterocycles. The van der Waals surface area contributed by atoms with Gasteiger partial charge in [0, 0.05) is 28.0 Å². The van der Waals surface area contributed by atoms with Crippen LogP contribution < -0.4 is 0 Å². The summed E-state index contributed by atoms with van der Waals surface area (Å²) in [7, 11) is 1.33. The summed E-state index contributed by atoms with van der Waals surface area (Å²) >= 11 is 1.50. The highest BCUT2D eigenvalue weighted by atomic mass is 32.1. The van der Waals surface area contributed by atoms with Crippen LogP contribution in [-0.2, 0) is 19.1 Å². The minimum absolute atomic E-state index is 0.0443. The molecule has 3 aromatic rings. The van der Waals surface area contributed by atoms with Gasteiger partial charge in [0.2, 0.25) is 0 Å². The Hall–Kier alpha value is -3.51. The van der Waals surface area contributed by atoms with Crippen LogP contribution in [0, 0.1) is 0 Å². The maximum Gasteiger partial charge on any atom is 0.333 e. The van der Waals surface area contributed by atoms with Gasteiger partial charge in [-0.2, -0.15) is 0 Å². The summed E-state index contributed by atoms with van der Waals surface area (Å²) in [4.78, 5) is 31.7. The van der Waals surface area contributed by atoms with Crippen LogP contribution in [0.3, 0.4) is 0 Å². The van der Waals surface area contributed by atoms with Gasteiger partial charge in [0.1, 0.15) is 5.60 Å². The van der Waals surface area contributed by atoms with Crippen LogP contribution in [0.1, 0.15) is 43.2 Å². The summed E-state index contributed by atoms with van der Waals surface area (Å²) in [6, 6.07) is 22.2. The Morgan fingerprint density at radius 2 is 1.53 bits per heavy atom. The number of methoxy groups -OCH3 is 1. The number of hydrogen-bond acceptors (Lipinski definition) is 6. The average molecular weight is 476 g/mol. The molecule has 0 unspecified atom stereocenters. The number of hydrogen-bond donors (Lipinski definition) is 0. The minimum Gasteiger partial charge on any atom is -0.466 e. The van der Waals surface area contributed by atoms with E-state index in [1.54, 1.807) is 6.08 Å². The number of carbonyl (C=O) groups is 2. The quantitative estimate of drug-likeness (QED) is 0.230. The third kappa shape index (κ3) is 7.25. The van der Waals surface area contributed by atoms with E-state index >= 15 is 0 Å². The lowest BCUT2D eigenvalue weighted by Crippen LogP contribution is -2.32. The molecule has 0 N–H and O–H groups in total. The van der Waals surface area contributed by atoms with E-state index in [-0.39, 0.29) is 6.42 Å². The highest BCUT2D eigenvalue weighted by molar-refractivity contribution is 7.10. The lowest BCUT2D eigenvalue weighted by molar-refractivity contribution is -0.156. The van der Waals surface area contributed by atoms with Crippen molar-refractivity contribution in [2.75, 3.05) is 7.11 Å². The largest absolute Gasteiger partial charge is 0.466 e. The summed E-state index contributed by atoms with van der Waals surface area (Å²) in [5, 5.41) is 1.92. The molecule has 0 amide bonds. The van der Waals surface area contributed by atoms with Crippen LogP contribution in [0.15, 0.2) is 88.7 Å². The number of nitrogens with zero attached hydrogens (tertiary/aromatic N) is 1. The molecule has 176 valence electrons. The summed E-state index contributed by atoms with van der Waals surface area (Å²) in [5.41, 5.74) is 2.03. The van der Waals surface area contributed by atoms with Gasteiger partial charge in [-0.3, -0.25) is 4.99 Å². The Kier molecular flexibility index (Phi) is 8.55. The molecule has 0 saturated heterocycles. The van der Waals surface area contributed by atoms with Crippen LogP contribution in [0.4, 0.5) is 0 Å². The van der Waals surface area contributed by atoms with E-state index in [9.17, 15) is 9.59 Å². The SMILES string of the molecule is COC(=O)/C(=C\c1cccs1)C[C@H](N=C(c1ccccc1)c1ccccc1)C(=O)OC(C)(C)C. The molecule has 0 saturated carbocycles. The van der Waals surface area contributed by atoms with E-state index in [0.29, 0.717) is 11.3 Å². The van der Waals surface area contributed by atoms with E-state index in [4.69, 9.17) is 14.5 Å². The summed E-state index contributed by atoms with van der Waals surface area (Å²) in [6.45, 7) is 5.43. The lowest BCUT2D eigenvalue weighted by atomic mass is 10.00. The first-order chi connectivity index (χ1) is 16.3. The molecule has 5 nitrogen and oxygen atoms in total. The molecule has 34 heavy (non-hydrogen) atoms. The predicted octanol–water partition coefficient (Wildman–Crippen LogP) is 5.94. The fourth-order valence-electron chi connectivity index (χ4n) is 3.30. The second kappa shape index (κ2) is 11.6. The molecule has 6 heteroatoms. The Balaban J connectivity index is 2.10. The second-order valence-corrected chi connectivity index (χ2v) is 9.62. The van der Waals surface area contributed by atoms with Crippen molar-refractivity contribution < 1.29 is 19.1 Å². The number of ether oxygens (including phenoxy) is 2. The zero-order chi connectivity index (χ0) is 24.6. The zero-order valence-corrected chi connectivity index (χ0v) is 20.7. The Morgan fingerprint density at radius 3 is 2.00 bits per heavy atom. The summed E-state index contributed by atoms with van der Waals surface area (Å²) < 4.78 is 10.7. The van der Waals surface area contributed by atoms with Gasteiger partial charge < -0.3 is 9.47 Å². The number of rotatable bonds is 8. The lowest BCUT2D eigenvalue weighted by Gasteiger charge is -2.23. The molecule has 1 heterocycles. The monoisotopic (exact) mass is 475 g/mol. The first-order valence-electron chi connectivity index (χ1n) is 11.0. The molecule has 0 radical (unpaired) electrons. The number of benzene rings is 2. The average Bonchev–Trinajstić information content (AvgIpc) is 3.33. The van der Waals surface area contributed by atoms with Crippen molar-refractivity contribution in [3.63, 3.8) is 0 Å². The Morgan fingerprint density at radius 1 is 0.941 bits per heavy atom. The predicted molar refractivity (Wildman–Crippen MR) is 137 cm³/mol. The highest BCUT2D eigenvalue weighted by Gasteiger charge is 2.29. The van der Waals surface area contributed by atoms with Gasteiger partial charge >= 0.3 is 11.9 Å². The van der Waals surface area contributed by atoms with Crippen molar-refractivity contribution in [1.82, 2.24) is 0 Å². The van der Waals surface area contributed by atoms with Gasteiger partial charge in [-0.1, -0.05) is 66.7 Å². The molecular weight excluding hydrogens is 446 g/mol. The van der Waals surface area contributed by atoms with Gasteiger partial charge in [0.25, 0.3) is 0 Å². The van der Waals surface area contributed by atoms with Crippen LogP contribution in [0.25, 0.3) is 6.08 Å². The Labute approximate surface area is 204 Å². The maximum atomic E-state index is 13.3. The van der Waals surface area contributed by atoms with Crippen LogP contribution in [0.5, 0.6) is 0 Å². The van der Waals surface area contributed by atoms with Crippen LogP contribution in [0.2, 0.25) is 0 Å². The molecule has 0 aliphatic heterocycles.